The molecule has 0 aliphatic rings. The number of carboxylic acids is 1. The number of carbonyl (C=O) groups is 3. The number of rotatable bonds is 7. The summed E-state index contributed by atoms with van der Waals surface area (Å²) in [5.41, 5.74) is 4.83. The molecule has 1 aromatic carbocycles. The second-order valence-corrected chi connectivity index (χ2v) is 3.93. The first-order chi connectivity index (χ1) is 9.79. The number of alkyl halides is 2. The van der Waals surface area contributed by atoms with Gasteiger partial charge in [-0.05, 0) is 18.2 Å². The lowest BCUT2D eigenvalue weighted by atomic mass is 10.2. The zero-order valence-corrected chi connectivity index (χ0v) is 10.7. The van der Waals surface area contributed by atoms with E-state index in [0.29, 0.717) is 4.90 Å². The van der Waals surface area contributed by atoms with Crippen LogP contribution in [0.15, 0.2) is 24.3 Å². The van der Waals surface area contributed by atoms with Gasteiger partial charge in [0, 0.05) is 5.56 Å². The average Bonchev–Trinajstić information content (AvgIpc) is 2.35. The number of carbonyl (C=O) groups excluding carboxylic acids is 2. The van der Waals surface area contributed by atoms with E-state index >= 15 is 0 Å². The van der Waals surface area contributed by atoms with Gasteiger partial charge in [0.25, 0.3) is 5.91 Å². The van der Waals surface area contributed by atoms with E-state index in [2.05, 4.69) is 4.74 Å². The van der Waals surface area contributed by atoms with E-state index in [0.717, 1.165) is 6.07 Å². The maximum absolute atomic E-state index is 12.1. The van der Waals surface area contributed by atoms with Crippen LogP contribution < -0.4 is 10.5 Å². The third kappa shape index (κ3) is 5.43. The molecule has 9 heteroatoms. The third-order valence-corrected chi connectivity index (χ3v) is 2.27. The molecular formula is C12H12F2N2O5. The largest absolute Gasteiger partial charge is 0.480 e. The molecule has 7 nitrogen and oxygen atoms in total. The number of halogens is 2. The van der Waals surface area contributed by atoms with Gasteiger partial charge in [-0.15, -0.1) is 0 Å². The number of aliphatic carboxylic acids is 1. The molecule has 0 saturated heterocycles. The zero-order chi connectivity index (χ0) is 16.0. The minimum Gasteiger partial charge on any atom is -0.480 e. The average molecular weight is 302 g/mol. The molecule has 0 unspecified atom stereocenters. The fraction of sp³-hybridized carbons (Fsp3) is 0.250. The summed E-state index contributed by atoms with van der Waals surface area (Å²) in [4.78, 5) is 34.3. The Balaban J connectivity index is 2.96. The van der Waals surface area contributed by atoms with Gasteiger partial charge >= 0.3 is 12.6 Å². The summed E-state index contributed by atoms with van der Waals surface area (Å²) in [6, 6.07) is 4.79. The van der Waals surface area contributed by atoms with Crippen LogP contribution in [0.3, 0.4) is 0 Å². The van der Waals surface area contributed by atoms with Crippen LogP contribution in [0.1, 0.15) is 10.4 Å². The van der Waals surface area contributed by atoms with Gasteiger partial charge in [-0.2, -0.15) is 8.78 Å². The van der Waals surface area contributed by atoms with Gasteiger partial charge in [0.2, 0.25) is 5.91 Å². The highest BCUT2D eigenvalue weighted by molar-refractivity contribution is 5.98. The molecule has 0 aliphatic carbocycles. The molecule has 0 radical (unpaired) electrons. The lowest BCUT2D eigenvalue weighted by Gasteiger charge is -2.19. The SMILES string of the molecule is NC(=O)CN(CC(=O)O)C(=O)c1cccc(OC(F)F)c1. The Morgan fingerprint density at radius 1 is 1.29 bits per heavy atom. The van der Waals surface area contributed by atoms with Crippen molar-refractivity contribution < 1.29 is 33.0 Å². The molecular weight excluding hydrogens is 290 g/mol. The maximum atomic E-state index is 12.1. The molecule has 0 atom stereocenters. The summed E-state index contributed by atoms with van der Waals surface area (Å²) in [5.74, 6) is -3.34. The number of hydrogen-bond donors (Lipinski definition) is 2. The first-order valence-electron chi connectivity index (χ1n) is 5.64. The van der Waals surface area contributed by atoms with Gasteiger partial charge in [0.05, 0.1) is 0 Å². The summed E-state index contributed by atoms with van der Waals surface area (Å²) in [6.45, 7) is -4.41. The Bertz CT molecular complexity index is 534. The highest BCUT2D eigenvalue weighted by atomic mass is 19.3. The van der Waals surface area contributed by atoms with E-state index in [9.17, 15) is 23.2 Å². The topological polar surface area (TPSA) is 110 Å². The number of ether oxygens (including phenoxy) is 1. The molecule has 0 spiro atoms. The second-order valence-electron chi connectivity index (χ2n) is 3.93. The van der Waals surface area contributed by atoms with E-state index in [-0.39, 0.29) is 11.3 Å². The third-order valence-electron chi connectivity index (χ3n) is 2.27. The van der Waals surface area contributed by atoms with E-state index in [1.54, 1.807) is 0 Å². The van der Waals surface area contributed by atoms with Crippen molar-refractivity contribution in [3.05, 3.63) is 29.8 Å². The van der Waals surface area contributed by atoms with Crippen molar-refractivity contribution in [2.24, 2.45) is 5.73 Å². The molecule has 0 bridgehead atoms. The van der Waals surface area contributed by atoms with Crippen LogP contribution in [0.4, 0.5) is 8.78 Å². The lowest BCUT2D eigenvalue weighted by Crippen LogP contribution is -2.41. The Labute approximate surface area is 117 Å². The number of amides is 2. The van der Waals surface area contributed by atoms with Gasteiger partial charge in [0.15, 0.2) is 0 Å². The Hall–Kier alpha value is -2.71. The molecule has 21 heavy (non-hydrogen) atoms. The van der Waals surface area contributed by atoms with Crippen molar-refractivity contribution in [3.8, 4) is 5.75 Å². The van der Waals surface area contributed by atoms with Crippen LogP contribution in [0.5, 0.6) is 5.75 Å². The molecule has 0 aliphatic heterocycles. The van der Waals surface area contributed by atoms with Crippen molar-refractivity contribution >= 4 is 17.8 Å². The quantitative estimate of drug-likeness (QED) is 0.752. The van der Waals surface area contributed by atoms with Crippen LogP contribution in [0.2, 0.25) is 0 Å². The predicted octanol–water partition coefficient (Wildman–Crippen LogP) is 0.300. The molecule has 2 amide bonds. The van der Waals surface area contributed by atoms with Crippen molar-refractivity contribution in [3.63, 3.8) is 0 Å². The first kappa shape index (κ1) is 16.3. The van der Waals surface area contributed by atoms with Crippen LogP contribution in [0, 0.1) is 0 Å². The fourth-order valence-corrected chi connectivity index (χ4v) is 1.54. The van der Waals surface area contributed by atoms with Gasteiger partial charge in [-0.3, -0.25) is 14.4 Å². The van der Waals surface area contributed by atoms with Crippen molar-refractivity contribution in [1.29, 1.82) is 0 Å². The minimum absolute atomic E-state index is 0.101. The molecule has 3 N–H and O–H groups in total. The van der Waals surface area contributed by atoms with E-state index in [1.807, 2.05) is 0 Å². The molecule has 1 rings (SSSR count). The molecule has 0 saturated carbocycles. The highest BCUT2D eigenvalue weighted by Gasteiger charge is 2.21. The maximum Gasteiger partial charge on any atom is 0.387 e. The normalized spacial score (nSPS) is 10.2. The summed E-state index contributed by atoms with van der Waals surface area (Å²) in [5, 5.41) is 8.70. The number of primary amides is 1. The first-order valence-corrected chi connectivity index (χ1v) is 5.64. The van der Waals surface area contributed by atoms with Gasteiger partial charge < -0.3 is 20.5 Å². The number of hydrogen-bond acceptors (Lipinski definition) is 4. The van der Waals surface area contributed by atoms with Crippen LogP contribution in [0.25, 0.3) is 0 Å². The molecule has 1 aromatic rings. The minimum atomic E-state index is -3.06. The highest BCUT2D eigenvalue weighted by Crippen LogP contribution is 2.17. The standard InChI is InChI=1S/C12H12F2N2O5/c13-12(14)21-8-3-1-2-7(4-8)11(20)16(5-9(15)17)6-10(18)19/h1-4,12H,5-6H2,(H2,15,17)(H,18,19). The molecule has 0 aromatic heterocycles. The van der Waals surface area contributed by atoms with Crippen LogP contribution in [-0.2, 0) is 9.59 Å². The van der Waals surface area contributed by atoms with E-state index in [4.69, 9.17) is 10.8 Å². The van der Waals surface area contributed by atoms with Crippen molar-refractivity contribution in [1.82, 2.24) is 4.90 Å². The van der Waals surface area contributed by atoms with Crippen LogP contribution >= 0.6 is 0 Å². The molecule has 0 fully saturated rings. The molecule has 0 heterocycles. The number of carboxylic acid groups (broad SMARTS) is 1. The Morgan fingerprint density at radius 2 is 1.95 bits per heavy atom. The number of benzene rings is 1. The Kier molecular flexibility index (Phi) is 5.58. The van der Waals surface area contributed by atoms with Gasteiger partial charge in [-0.25, -0.2) is 0 Å². The number of nitrogens with two attached hydrogens (primary N) is 1. The lowest BCUT2D eigenvalue weighted by molar-refractivity contribution is -0.138. The zero-order valence-electron chi connectivity index (χ0n) is 10.7. The summed E-state index contributed by atoms with van der Waals surface area (Å²) >= 11 is 0. The molecule has 114 valence electrons. The van der Waals surface area contributed by atoms with Gasteiger partial charge in [0.1, 0.15) is 18.8 Å². The predicted molar refractivity (Wildman–Crippen MR) is 65.8 cm³/mol. The van der Waals surface area contributed by atoms with E-state index in [1.165, 1.54) is 18.2 Å². The van der Waals surface area contributed by atoms with Crippen molar-refractivity contribution in [2.75, 3.05) is 13.1 Å². The Morgan fingerprint density at radius 3 is 2.48 bits per heavy atom. The van der Waals surface area contributed by atoms with Gasteiger partial charge in [-0.1, -0.05) is 6.07 Å². The summed E-state index contributed by atoms with van der Waals surface area (Å²) in [7, 11) is 0. The monoisotopic (exact) mass is 302 g/mol. The summed E-state index contributed by atoms with van der Waals surface area (Å²) in [6.07, 6.45) is 0. The van der Waals surface area contributed by atoms with E-state index < -0.39 is 37.5 Å². The summed E-state index contributed by atoms with van der Waals surface area (Å²) < 4.78 is 28.3. The van der Waals surface area contributed by atoms with Crippen molar-refractivity contribution in [2.45, 2.75) is 6.61 Å². The second kappa shape index (κ2) is 7.17. The van der Waals surface area contributed by atoms with Crippen LogP contribution in [-0.4, -0.2) is 47.5 Å². The smallest absolute Gasteiger partial charge is 0.387 e. The number of nitrogens with zero attached hydrogens (tertiary/aromatic N) is 1. The fourth-order valence-electron chi connectivity index (χ4n) is 1.54.